The summed E-state index contributed by atoms with van der Waals surface area (Å²) in [6.45, 7) is 14.3. The Kier molecular flexibility index (Phi) is 6.88. The number of hydrogen-bond acceptors (Lipinski definition) is 4. The second-order valence-electron chi connectivity index (χ2n) is 7.38. The molecule has 0 atom stereocenters. The minimum Gasteiger partial charge on any atom is -0.491 e. The Hall–Kier alpha value is -1.10. The first-order valence-electron chi connectivity index (χ1n) is 8.67. The SMILES string of the molecule is CN1CCN(CCOCCOc2ccc(C(C)(C)C)cc2)CC1. The fourth-order valence-electron chi connectivity index (χ4n) is 2.64. The van der Waals surface area contributed by atoms with Crippen LogP contribution in [0.25, 0.3) is 0 Å². The summed E-state index contributed by atoms with van der Waals surface area (Å²) in [6, 6.07) is 8.38. The monoisotopic (exact) mass is 320 g/mol. The third-order valence-corrected chi connectivity index (χ3v) is 4.36. The van der Waals surface area contributed by atoms with Crippen molar-refractivity contribution in [2.24, 2.45) is 0 Å². The average Bonchev–Trinajstić information content (AvgIpc) is 2.52. The minimum absolute atomic E-state index is 0.185. The van der Waals surface area contributed by atoms with Crippen LogP contribution in [0.15, 0.2) is 24.3 Å². The molecule has 1 fully saturated rings. The van der Waals surface area contributed by atoms with Crippen LogP contribution in [-0.2, 0) is 10.2 Å². The molecular weight excluding hydrogens is 288 g/mol. The Morgan fingerprint density at radius 3 is 2.17 bits per heavy atom. The summed E-state index contributed by atoms with van der Waals surface area (Å²) in [5, 5.41) is 0. The molecule has 1 aliphatic heterocycles. The van der Waals surface area contributed by atoms with Crippen molar-refractivity contribution in [2.75, 3.05) is 59.6 Å². The van der Waals surface area contributed by atoms with Gasteiger partial charge in [0.25, 0.3) is 0 Å². The fourth-order valence-corrected chi connectivity index (χ4v) is 2.64. The van der Waals surface area contributed by atoms with E-state index < -0.39 is 0 Å². The van der Waals surface area contributed by atoms with Crippen molar-refractivity contribution >= 4 is 0 Å². The summed E-state index contributed by atoms with van der Waals surface area (Å²) in [5.41, 5.74) is 1.51. The number of ether oxygens (including phenoxy) is 2. The first-order chi connectivity index (χ1) is 10.9. The zero-order valence-electron chi connectivity index (χ0n) is 15.2. The molecule has 0 saturated carbocycles. The number of benzene rings is 1. The zero-order valence-corrected chi connectivity index (χ0v) is 15.2. The molecule has 0 unspecified atom stereocenters. The summed E-state index contributed by atoms with van der Waals surface area (Å²) in [7, 11) is 2.18. The number of likely N-dealkylation sites (N-methyl/N-ethyl adjacent to an activating group) is 1. The highest BCUT2D eigenvalue weighted by Crippen LogP contribution is 2.24. The van der Waals surface area contributed by atoms with E-state index in [1.165, 1.54) is 5.56 Å². The van der Waals surface area contributed by atoms with Gasteiger partial charge in [-0.15, -0.1) is 0 Å². The van der Waals surface area contributed by atoms with E-state index in [-0.39, 0.29) is 5.41 Å². The lowest BCUT2D eigenvalue weighted by Gasteiger charge is -2.32. The van der Waals surface area contributed by atoms with Crippen LogP contribution >= 0.6 is 0 Å². The van der Waals surface area contributed by atoms with Crippen LogP contribution in [0.4, 0.5) is 0 Å². The first kappa shape index (κ1) is 18.2. The third-order valence-electron chi connectivity index (χ3n) is 4.36. The van der Waals surface area contributed by atoms with E-state index >= 15 is 0 Å². The molecule has 0 aliphatic carbocycles. The molecule has 2 rings (SSSR count). The normalized spacial score (nSPS) is 17.4. The van der Waals surface area contributed by atoms with Crippen LogP contribution in [0.3, 0.4) is 0 Å². The third kappa shape index (κ3) is 6.50. The van der Waals surface area contributed by atoms with Crippen molar-refractivity contribution in [3.63, 3.8) is 0 Å². The number of piperazine rings is 1. The van der Waals surface area contributed by atoms with Crippen molar-refractivity contribution in [3.8, 4) is 5.75 Å². The Morgan fingerprint density at radius 1 is 0.913 bits per heavy atom. The van der Waals surface area contributed by atoms with Gasteiger partial charge in [-0.25, -0.2) is 0 Å². The van der Waals surface area contributed by atoms with Crippen LogP contribution in [0, 0.1) is 0 Å². The van der Waals surface area contributed by atoms with E-state index in [4.69, 9.17) is 9.47 Å². The van der Waals surface area contributed by atoms with Gasteiger partial charge in [-0.2, -0.15) is 0 Å². The largest absolute Gasteiger partial charge is 0.491 e. The summed E-state index contributed by atoms with van der Waals surface area (Å²) in [5.74, 6) is 0.917. The first-order valence-corrected chi connectivity index (χ1v) is 8.67. The lowest BCUT2D eigenvalue weighted by molar-refractivity contribution is 0.0658. The van der Waals surface area contributed by atoms with E-state index in [1.54, 1.807) is 0 Å². The smallest absolute Gasteiger partial charge is 0.119 e. The number of nitrogens with zero attached hydrogens (tertiary/aromatic N) is 2. The van der Waals surface area contributed by atoms with Crippen LogP contribution in [0.2, 0.25) is 0 Å². The highest BCUT2D eigenvalue weighted by Gasteiger charge is 2.13. The van der Waals surface area contributed by atoms with Gasteiger partial charge in [-0.05, 0) is 30.2 Å². The molecule has 0 spiro atoms. The molecule has 1 aliphatic rings. The molecule has 4 nitrogen and oxygen atoms in total. The summed E-state index contributed by atoms with van der Waals surface area (Å²) >= 11 is 0. The molecule has 0 radical (unpaired) electrons. The predicted molar refractivity (Wildman–Crippen MR) is 95.4 cm³/mol. The molecule has 0 bridgehead atoms. The second-order valence-corrected chi connectivity index (χ2v) is 7.38. The van der Waals surface area contributed by atoms with Gasteiger partial charge in [0.05, 0.1) is 13.2 Å². The van der Waals surface area contributed by atoms with Crippen molar-refractivity contribution < 1.29 is 9.47 Å². The predicted octanol–water partition coefficient (Wildman–Crippen LogP) is 2.63. The van der Waals surface area contributed by atoms with Crippen molar-refractivity contribution in [2.45, 2.75) is 26.2 Å². The highest BCUT2D eigenvalue weighted by molar-refractivity contribution is 5.31. The molecule has 0 amide bonds. The van der Waals surface area contributed by atoms with Crippen molar-refractivity contribution in [1.82, 2.24) is 9.80 Å². The van der Waals surface area contributed by atoms with Crippen LogP contribution in [0.5, 0.6) is 5.75 Å². The Balaban J connectivity index is 1.55. The van der Waals surface area contributed by atoms with Crippen molar-refractivity contribution in [1.29, 1.82) is 0 Å². The van der Waals surface area contributed by atoms with Crippen LogP contribution in [0.1, 0.15) is 26.3 Å². The van der Waals surface area contributed by atoms with Gasteiger partial charge >= 0.3 is 0 Å². The van der Waals surface area contributed by atoms with Gasteiger partial charge in [-0.3, -0.25) is 4.90 Å². The number of hydrogen-bond donors (Lipinski definition) is 0. The second kappa shape index (κ2) is 8.67. The Morgan fingerprint density at radius 2 is 1.57 bits per heavy atom. The van der Waals surface area contributed by atoms with Crippen LogP contribution in [-0.4, -0.2) is 69.4 Å². The van der Waals surface area contributed by atoms with E-state index in [0.717, 1.165) is 45.1 Å². The molecular formula is C19H32N2O2. The fraction of sp³-hybridized carbons (Fsp3) is 0.684. The quantitative estimate of drug-likeness (QED) is 0.721. The van der Waals surface area contributed by atoms with Gasteiger partial charge in [0.1, 0.15) is 12.4 Å². The van der Waals surface area contributed by atoms with E-state index in [9.17, 15) is 0 Å². The maximum absolute atomic E-state index is 5.73. The maximum Gasteiger partial charge on any atom is 0.119 e. The summed E-state index contributed by atoms with van der Waals surface area (Å²) in [6.07, 6.45) is 0. The minimum atomic E-state index is 0.185. The van der Waals surface area contributed by atoms with Gasteiger partial charge in [0.2, 0.25) is 0 Å². The lowest BCUT2D eigenvalue weighted by Crippen LogP contribution is -2.45. The standard InChI is InChI=1S/C19H32N2O2/c1-19(2,3)17-5-7-18(8-6-17)23-16-15-22-14-13-21-11-9-20(4)10-12-21/h5-8H,9-16H2,1-4H3. The molecule has 1 saturated heterocycles. The maximum atomic E-state index is 5.73. The molecule has 1 heterocycles. The molecule has 23 heavy (non-hydrogen) atoms. The molecule has 1 aromatic carbocycles. The molecule has 0 N–H and O–H groups in total. The summed E-state index contributed by atoms with van der Waals surface area (Å²) in [4.78, 5) is 4.84. The van der Waals surface area contributed by atoms with E-state index in [1.807, 2.05) is 12.1 Å². The van der Waals surface area contributed by atoms with Gasteiger partial charge in [0, 0.05) is 32.7 Å². The Labute approximate surface area is 141 Å². The summed E-state index contributed by atoms with van der Waals surface area (Å²) < 4.78 is 11.4. The lowest BCUT2D eigenvalue weighted by atomic mass is 9.87. The molecule has 1 aromatic rings. The molecule has 130 valence electrons. The van der Waals surface area contributed by atoms with Gasteiger partial charge in [-0.1, -0.05) is 32.9 Å². The zero-order chi connectivity index (χ0) is 16.7. The topological polar surface area (TPSA) is 24.9 Å². The van der Waals surface area contributed by atoms with Gasteiger partial charge < -0.3 is 14.4 Å². The molecule has 0 aromatic heterocycles. The van der Waals surface area contributed by atoms with Gasteiger partial charge in [0.15, 0.2) is 0 Å². The highest BCUT2D eigenvalue weighted by atomic mass is 16.5. The van der Waals surface area contributed by atoms with Crippen molar-refractivity contribution in [3.05, 3.63) is 29.8 Å². The Bertz CT molecular complexity index is 445. The number of rotatable bonds is 7. The average molecular weight is 320 g/mol. The molecule has 4 heteroatoms. The van der Waals surface area contributed by atoms with E-state index in [2.05, 4.69) is 49.8 Å². The van der Waals surface area contributed by atoms with E-state index in [0.29, 0.717) is 13.2 Å². The van der Waals surface area contributed by atoms with Crippen LogP contribution < -0.4 is 4.74 Å².